The summed E-state index contributed by atoms with van der Waals surface area (Å²) in [5.41, 5.74) is 2.56. The van der Waals surface area contributed by atoms with Crippen LogP contribution in [0.2, 0.25) is 0 Å². The number of rotatable bonds is 7. The summed E-state index contributed by atoms with van der Waals surface area (Å²) >= 11 is 0. The molecule has 13 heteroatoms. The molecule has 0 radical (unpaired) electrons. The first-order valence-corrected chi connectivity index (χ1v) is 13.1. The van der Waals surface area contributed by atoms with Gasteiger partial charge in [0.25, 0.3) is 11.8 Å². The van der Waals surface area contributed by atoms with Crippen LogP contribution in [-0.4, -0.2) is 54.7 Å². The van der Waals surface area contributed by atoms with Crippen molar-refractivity contribution in [1.29, 1.82) is 0 Å². The molecule has 202 valence electrons. The minimum atomic E-state index is -4.99. The number of benzene rings is 1. The fraction of sp³-hybridized carbons (Fsp3) is 0.652. The zero-order valence-corrected chi connectivity index (χ0v) is 21.4. The Hall–Kier alpha value is -2.28. The average Bonchev–Trinajstić information content (AvgIpc) is 2.94. The lowest BCUT2D eigenvalue weighted by atomic mass is 9.90. The van der Waals surface area contributed by atoms with Crippen molar-refractivity contribution in [3.05, 3.63) is 29.3 Å². The third kappa shape index (κ3) is 5.82. The van der Waals surface area contributed by atoms with Gasteiger partial charge in [-0.2, -0.15) is 17.5 Å². The number of alkyl halides is 5. The van der Waals surface area contributed by atoms with Gasteiger partial charge in [0.15, 0.2) is 5.96 Å². The first kappa shape index (κ1) is 28.3. The molecule has 1 amide bonds. The molecule has 36 heavy (non-hydrogen) atoms. The van der Waals surface area contributed by atoms with Crippen molar-refractivity contribution in [2.45, 2.75) is 69.5 Å². The number of sulfonamides is 1. The third-order valence-electron chi connectivity index (χ3n) is 6.54. The van der Waals surface area contributed by atoms with Crippen LogP contribution in [0.15, 0.2) is 28.1 Å². The van der Waals surface area contributed by atoms with Gasteiger partial charge in [-0.25, -0.2) is 22.2 Å². The van der Waals surface area contributed by atoms with Gasteiger partial charge in [0.2, 0.25) is 10.0 Å². The highest BCUT2D eigenvalue weighted by atomic mass is 32.2. The Labute approximate surface area is 207 Å². The molecule has 1 fully saturated rings. The maximum absolute atomic E-state index is 13.8. The number of nitrogens with two attached hydrogens (primary N) is 1. The van der Waals surface area contributed by atoms with Crippen LogP contribution in [0.25, 0.3) is 0 Å². The van der Waals surface area contributed by atoms with Crippen LogP contribution < -0.4 is 5.73 Å². The van der Waals surface area contributed by atoms with Gasteiger partial charge >= 0.3 is 6.18 Å². The van der Waals surface area contributed by atoms with E-state index in [1.165, 1.54) is 4.90 Å². The summed E-state index contributed by atoms with van der Waals surface area (Å²) in [5.74, 6) is -3.68. The van der Waals surface area contributed by atoms with E-state index < -0.39 is 43.7 Å². The molecule has 3 rings (SSSR count). The zero-order chi connectivity index (χ0) is 27.3. The van der Waals surface area contributed by atoms with Gasteiger partial charge in [-0.05, 0) is 56.2 Å². The van der Waals surface area contributed by atoms with E-state index in [2.05, 4.69) is 4.99 Å². The molecule has 2 aliphatic rings. The molecule has 1 atom stereocenters. The molecule has 1 unspecified atom stereocenters. The zero-order valence-electron chi connectivity index (χ0n) is 20.6. The van der Waals surface area contributed by atoms with Crippen molar-refractivity contribution in [2.24, 2.45) is 22.6 Å². The van der Waals surface area contributed by atoms with Crippen molar-refractivity contribution in [3.8, 4) is 0 Å². The predicted molar refractivity (Wildman–Crippen MR) is 124 cm³/mol. The van der Waals surface area contributed by atoms with Crippen LogP contribution in [0.5, 0.6) is 0 Å². The number of carbonyl (C=O) groups is 1. The van der Waals surface area contributed by atoms with E-state index in [1.54, 1.807) is 6.92 Å². The smallest absolute Gasteiger partial charge is 0.369 e. The van der Waals surface area contributed by atoms with E-state index in [9.17, 15) is 35.2 Å². The van der Waals surface area contributed by atoms with Gasteiger partial charge in [0, 0.05) is 32.1 Å². The van der Waals surface area contributed by atoms with Crippen LogP contribution in [-0.2, 0) is 26.9 Å². The highest BCUT2D eigenvalue weighted by Crippen LogP contribution is 2.38. The quantitative estimate of drug-likeness (QED) is 0.527. The summed E-state index contributed by atoms with van der Waals surface area (Å²) in [4.78, 5) is 17.9. The first-order valence-electron chi connectivity index (χ1n) is 11.6. The van der Waals surface area contributed by atoms with Crippen molar-refractivity contribution in [3.63, 3.8) is 0 Å². The lowest BCUT2D eigenvalue weighted by Crippen LogP contribution is -2.47. The fourth-order valence-corrected chi connectivity index (χ4v) is 6.31. The topological polar surface area (TPSA) is 96.1 Å². The number of guanidine groups is 1. The van der Waals surface area contributed by atoms with Gasteiger partial charge in [-0.3, -0.25) is 9.69 Å². The standard InChI is InChI=1S/C23H31F5N4O3S/c1-14(2)12-21(3)19(33)32(20(29)30-21)13-15-5-7-31(8-6-15)36(34,35)18-10-16(22(4,24)25)9-17(11-18)23(26,27)28/h9-11,14-15H,5-8,12-13H2,1-4H3,(H2,29,30). The Bertz CT molecular complexity index is 1110. The van der Waals surface area contributed by atoms with Crippen LogP contribution in [0.4, 0.5) is 22.0 Å². The van der Waals surface area contributed by atoms with Crippen LogP contribution in [0.1, 0.15) is 58.1 Å². The summed E-state index contributed by atoms with van der Waals surface area (Å²) in [6, 6.07) is 1.23. The van der Waals surface area contributed by atoms with Gasteiger partial charge in [0.05, 0.1) is 10.5 Å². The number of aliphatic imine (C=N–C) groups is 1. The molecule has 2 N–H and O–H groups in total. The third-order valence-corrected chi connectivity index (χ3v) is 8.42. The molecule has 1 saturated heterocycles. The molecule has 0 bridgehead atoms. The lowest BCUT2D eigenvalue weighted by molar-refractivity contribution is -0.138. The maximum atomic E-state index is 13.8. The van der Waals surface area contributed by atoms with Gasteiger partial charge in [-0.1, -0.05) is 13.8 Å². The molecule has 2 heterocycles. The van der Waals surface area contributed by atoms with Gasteiger partial charge in [-0.15, -0.1) is 0 Å². The molecule has 2 aliphatic heterocycles. The molecular weight excluding hydrogens is 507 g/mol. The van der Waals surface area contributed by atoms with Gasteiger partial charge < -0.3 is 5.73 Å². The number of hydrogen-bond acceptors (Lipinski definition) is 5. The average molecular weight is 539 g/mol. The van der Waals surface area contributed by atoms with Crippen LogP contribution in [0, 0.1) is 11.8 Å². The summed E-state index contributed by atoms with van der Waals surface area (Å²) in [5, 5.41) is 0. The normalized spacial score (nSPS) is 23.0. The van der Waals surface area contributed by atoms with E-state index in [0.717, 1.165) is 4.31 Å². The lowest BCUT2D eigenvalue weighted by Gasteiger charge is -2.33. The second-order valence-corrected chi connectivity index (χ2v) is 12.2. The number of nitrogens with zero attached hydrogens (tertiary/aromatic N) is 3. The second kappa shape index (κ2) is 9.55. The first-order chi connectivity index (χ1) is 16.3. The Morgan fingerprint density at radius 1 is 1.11 bits per heavy atom. The summed E-state index contributed by atoms with van der Waals surface area (Å²) < 4.78 is 94.7. The van der Waals surface area contributed by atoms with Crippen molar-refractivity contribution < 1.29 is 35.2 Å². The summed E-state index contributed by atoms with van der Waals surface area (Å²) in [6.07, 6.45) is -3.85. The SMILES string of the molecule is CC(C)CC1(C)N=C(N)N(CC2CCN(S(=O)(=O)c3cc(C(C)(F)F)cc(C(F)(F)F)c3)CC2)C1=O. The molecule has 0 spiro atoms. The Morgan fingerprint density at radius 2 is 1.67 bits per heavy atom. The minimum Gasteiger partial charge on any atom is -0.369 e. The van der Waals surface area contributed by atoms with Crippen molar-refractivity contribution in [2.75, 3.05) is 19.6 Å². The number of carbonyl (C=O) groups excluding carboxylic acids is 1. The van der Waals surface area contributed by atoms with Crippen molar-refractivity contribution in [1.82, 2.24) is 9.21 Å². The van der Waals surface area contributed by atoms with E-state index in [0.29, 0.717) is 38.3 Å². The largest absolute Gasteiger partial charge is 0.416 e. The molecule has 0 aliphatic carbocycles. The maximum Gasteiger partial charge on any atom is 0.416 e. The molecule has 7 nitrogen and oxygen atoms in total. The Kier molecular flexibility index (Phi) is 7.50. The number of piperidine rings is 1. The van der Waals surface area contributed by atoms with Crippen molar-refractivity contribution >= 4 is 21.9 Å². The Balaban J connectivity index is 1.74. The number of hydrogen-bond donors (Lipinski definition) is 1. The predicted octanol–water partition coefficient (Wildman–Crippen LogP) is 4.18. The molecule has 0 saturated carbocycles. The monoisotopic (exact) mass is 538 g/mol. The minimum absolute atomic E-state index is 0.0383. The van der Waals surface area contributed by atoms with E-state index in [-0.39, 0.29) is 49.4 Å². The molecule has 1 aromatic carbocycles. The summed E-state index contributed by atoms with van der Waals surface area (Å²) in [7, 11) is -4.46. The number of halogens is 5. The van der Waals surface area contributed by atoms with E-state index >= 15 is 0 Å². The summed E-state index contributed by atoms with van der Waals surface area (Å²) in [6.45, 7) is 6.24. The van der Waals surface area contributed by atoms with E-state index in [4.69, 9.17) is 5.73 Å². The fourth-order valence-electron chi connectivity index (χ4n) is 4.76. The molecule has 1 aromatic rings. The number of amides is 1. The Morgan fingerprint density at radius 3 is 2.17 bits per heavy atom. The van der Waals surface area contributed by atoms with E-state index in [1.807, 2.05) is 13.8 Å². The van der Waals surface area contributed by atoms with Crippen LogP contribution >= 0.6 is 0 Å². The van der Waals surface area contributed by atoms with Gasteiger partial charge in [0.1, 0.15) is 5.54 Å². The van der Waals surface area contributed by atoms with Crippen LogP contribution in [0.3, 0.4) is 0 Å². The highest BCUT2D eigenvalue weighted by Gasteiger charge is 2.45. The second-order valence-electron chi connectivity index (χ2n) is 10.2. The highest BCUT2D eigenvalue weighted by molar-refractivity contribution is 7.89. The molecule has 0 aromatic heterocycles. The molecular formula is C23H31F5N4O3S.